The fourth-order valence-electron chi connectivity index (χ4n) is 2.41. The lowest BCUT2D eigenvalue weighted by atomic mass is 10.1. The molecule has 0 aliphatic carbocycles. The van der Waals surface area contributed by atoms with Gasteiger partial charge >= 0.3 is 0 Å². The van der Waals surface area contributed by atoms with E-state index in [1.807, 2.05) is 13.0 Å². The van der Waals surface area contributed by atoms with Gasteiger partial charge in [0.1, 0.15) is 0 Å². The quantitative estimate of drug-likeness (QED) is 0.715. The van der Waals surface area contributed by atoms with Gasteiger partial charge in [0, 0.05) is 35.8 Å². The van der Waals surface area contributed by atoms with Gasteiger partial charge < -0.3 is 16.0 Å². The normalized spacial score (nSPS) is 11.3. The van der Waals surface area contributed by atoms with E-state index < -0.39 is 0 Å². The molecule has 136 valence electrons. The van der Waals surface area contributed by atoms with E-state index in [-0.39, 0.29) is 30.2 Å². The SMILES string of the molecule is CCNC(=O)c1ccc(NC(=O)CC(C)NC(=O)c2ccccc2)cc1. The molecule has 26 heavy (non-hydrogen) atoms. The summed E-state index contributed by atoms with van der Waals surface area (Å²) in [5, 5.41) is 8.27. The van der Waals surface area contributed by atoms with Crippen molar-refractivity contribution in [3.05, 3.63) is 65.7 Å². The highest BCUT2D eigenvalue weighted by atomic mass is 16.2. The van der Waals surface area contributed by atoms with E-state index in [0.717, 1.165) is 0 Å². The van der Waals surface area contributed by atoms with Gasteiger partial charge in [0.25, 0.3) is 11.8 Å². The molecule has 0 heterocycles. The maximum atomic E-state index is 12.1. The Hall–Kier alpha value is -3.15. The molecule has 1 unspecified atom stereocenters. The third-order valence-corrected chi connectivity index (χ3v) is 3.67. The number of benzene rings is 2. The van der Waals surface area contributed by atoms with Crippen molar-refractivity contribution >= 4 is 23.4 Å². The second kappa shape index (κ2) is 9.36. The molecule has 0 bridgehead atoms. The minimum absolute atomic E-state index is 0.149. The minimum Gasteiger partial charge on any atom is -0.352 e. The number of amides is 3. The third-order valence-electron chi connectivity index (χ3n) is 3.67. The number of carbonyl (C=O) groups excluding carboxylic acids is 3. The number of rotatable bonds is 7. The fourth-order valence-corrected chi connectivity index (χ4v) is 2.41. The summed E-state index contributed by atoms with van der Waals surface area (Å²) in [7, 11) is 0. The summed E-state index contributed by atoms with van der Waals surface area (Å²) < 4.78 is 0. The molecule has 2 aromatic rings. The first kappa shape index (κ1) is 19.2. The monoisotopic (exact) mass is 353 g/mol. The summed E-state index contributed by atoms with van der Waals surface area (Å²) in [6.07, 6.45) is 0.149. The van der Waals surface area contributed by atoms with Crippen LogP contribution >= 0.6 is 0 Å². The van der Waals surface area contributed by atoms with E-state index in [1.165, 1.54) is 0 Å². The van der Waals surface area contributed by atoms with Gasteiger partial charge in [-0.15, -0.1) is 0 Å². The highest BCUT2D eigenvalue weighted by molar-refractivity contribution is 5.97. The molecule has 3 amide bonds. The van der Waals surface area contributed by atoms with Crippen molar-refractivity contribution in [1.82, 2.24) is 10.6 Å². The van der Waals surface area contributed by atoms with Crippen molar-refractivity contribution in [3.8, 4) is 0 Å². The summed E-state index contributed by atoms with van der Waals surface area (Å²) in [4.78, 5) is 35.9. The summed E-state index contributed by atoms with van der Waals surface area (Å²) in [5.74, 6) is -0.573. The molecule has 6 nitrogen and oxygen atoms in total. The first-order valence-electron chi connectivity index (χ1n) is 8.53. The van der Waals surface area contributed by atoms with Crippen molar-refractivity contribution < 1.29 is 14.4 Å². The molecule has 2 aromatic carbocycles. The Labute approximate surface area is 153 Å². The van der Waals surface area contributed by atoms with E-state index >= 15 is 0 Å². The lowest BCUT2D eigenvalue weighted by Gasteiger charge is -2.14. The van der Waals surface area contributed by atoms with Gasteiger partial charge in [0.15, 0.2) is 0 Å². The fraction of sp³-hybridized carbons (Fsp3) is 0.250. The lowest BCUT2D eigenvalue weighted by molar-refractivity contribution is -0.116. The Bertz CT molecular complexity index is 758. The van der Waals surface area contributed by atoms with Gasteiger partial charge in [0.05, 0.1) is 0 Å². The molecule has 0 aliphatic heterocycles. The van der Waals surface area contributed by atoms with Crippen LogP contribution in [0.4, 0.5) is 5.69 Å². The third kappa shape index (κ3) is 5.73. The Kier molecular flexibility index (Phi) is 6.91. The van der Waals surface area contributed by atoms with Crippen molar-refractivity contribution in [2.75, 3.05) is 11.9 Å². The second-order valence-electron chi connectivity index (χ2n) is 5.93. The van der Waals surface area contributed by atoms with Crippen LogP contribution < -0.4 is 16.0 Å². The molecule has 2 rings (SSSR count). The Morgan fingerprint density at radius 2 is 1.50 bits per heavy atom. The number of hydrogen-bond acceptors (Lipinski definition) is 3. The topological polar surface area (TPSA) is 87.3 Å². The predicted octanol–water partition coefficient (Wildman–Crippen LogP) is 2.58. The van der Waals surface area contributed by atoms with Gasteiger partial charge in [-0.3, -0.25) is 14.4 Å². The minimum atomic E-state index is -0.308. The van der Waals surface area contributed by atoms with Crippen LogP contribution in [0.25, 0.3) is 0 Å². The average molecular weight is 353 g/mol. The van der Waals surface area contributed by atoms with Crippen LogP contribution in [0, 0.1) is 0 Å². The summed E-state index contributed by atoms with van der Waals surface area (Å²) in [6.45, 7) is 4.19. The molecule has 0 radical (unpaired) electrons. The van der Waals surface area contributed by atoms with Crippen molar-refractivity contribution in [2.45, 2.75) is 26.3 Å². The summed E-state index contributed by atoms with van der Waals surface area (Å²) in [5.41, 5.74) is 1.69. The maximum Gasteiger partial charge on any atom is 0.251 e. The number of nitrogens with one attached hydrogen (secondary N) is 3. The summed E-state index contributed by atoms with van der Waals surface area (Å²) in [6, 6.07) is 15.2. The Morgan fingerprint density at radius 3 is 2.12 bits per heavy atom. The van der Waals surface area contributed by atoms with E-state index in [4.69, 9.17) is 0 Å². The smallest absolute Gasteiger partial charge is 0.251 e. The van der Waals surface area contributed by atoms with Gasteiger partial charge in [-0.1, -0.05) is 18.2 Å². The Morgan fingerprint density at radius 1 is 0.885 bits per heavy atom. The molecule has 0 aliphatic rings. The average Bonchev–Trinajstić information content (AvgIpc) is 2.63. The van der Waals surface area contributed by atoms with Crippen molar-refractivity contribution in [1.29, 1.82) is 0 Å². The standard InChI is InChI=1S/C20H23N3O3/c1-3-21-19(25)16-9-11-17(12-10-16)23-18(24)13-14(2)22-20(26)15-7-5-4-6-8-15/h4-12,14H,3,13H2,1-2H3,(H,21,25)(H,22,26)(H,23,24). The maximum absolute atomic E-state index is 12.1. The first-order valence-corrected chi connectivity index (χ1v) is 8.53. The number of anilines is 1. The van der Waals surface area contributed by atoms with E-state index in [2.05, 4.69) is 16.0 Å². The van der Waals surface area contributed by atoms with Crippen molar-refractivity contribution in [3.63, 3.8) is 0 Å². The van der Waals surface area contributed by atoms with E-state index in [0.29, 0.717) is 23.4 Å². The zero-order chi connectivity index (χ0) is 18.9. The van der Waals surface area contributed by atoms with E-state index in [9.17, 15) is 14.4 Å². The van der Waals surface area contributed by atoms with Crippen LogP contribution in [-0.2, 0) is 4.79 Å². The molecule has 0 fully saturated rings. The molecular formula is C20H23N3O3. The lowest BCUT2D eigenvalue weighted by Crippen LogP contribution is -2.35. The van der Waals surface area contributed by atoms with Gasteiger partial charge in [-0.2, -0.15) is 0 Å². The van der Waals surface area contributed by atoms with Crippen LogP contribution in [0.5, 0.6) is 0 Å². The molecule has 0 saturated carbocycles. The van der Waals surface area contributed by atoms with Crippen LogP contribution in [0.3, 0.4) is 0 Å². The highest BCUT2D eigenvalue weighted by Gasteiger charge is 2.13. The predicted molar refractivity (Wildman–Crippen MR) is 101 cm³/mol. The van der Waals surface area contributed by atoms with Gasteiger partial charge in [0.2, 0.25) is 5.91 Å². The summed E-state index contributed by atoms with van der Waals surface area (Å²) >= 11 is 0. The van der Waals surface area contributed by atoms with Crippen molar-refractivity contribution in [2.24, 2.45) is 0 Å². The zero-order valence-electron chi connectivity index (χ0n) is 14.9. The first-order chi connectivity index (χ1) is 12.5. The van der Waals surface area contributed by atoms with Gasteiger partial charge in [-0.25, -0.2) is 0 Å². The van der Waals surface area contributed by atoms with E-state index in [1.54, 1.807) is 55.5 Å². The van der Waals surface area contributed by atoms with Crippen LogP contribution in [0.1, 0.15) is 41.0 Å². The molecule has 0 spiro atoms. The van der Waals surface area contributed by atoms with Gasteiger partial charge in [-0.05, 0) is 50.2 Å². The molecule has 0 saturated heterocycles. The van der Waals surface area contributed by atoms with Crippen LogP contribution in [-0.4, -0.2) is 30.3 Å². The molecule has 6 heteroatoms. The highest BCUT2D eigenvalue weighted by Crippen LogP contribution is 2.10. The Balaban J connectivity index is 1.84. The molecule has 0 aromatic heterocycles. The largest absolute Gasteiger partial charge is 0.352 e. The number of carbonyl (C=O) groups is 3. The molecule has 3 N–H and O–H groups in total. The second-order valence-corrected chi connectivity index (χ2v) is 5.93. The van der Waals surface area contributed by atoms with Crippen LogP contribution in [0.2, 0.25) is 0 Å². The zero-order valence-corrected chi connectivity index (χ0v) is 14.9. The number of hydrogen-bond donors (Lipinski definition) is 3. The van der Waals surface area contributed by atoms with Crippen LogP contribution in [0.15, 0.2) is 54.6 Å². The molecular weight excluding hydrogens is 330 g/mol. The molecule has 1 atom stereocenters.